The third-order valence-corrected chi connectivity index (χ3v) is 3.42. The van der Waals surface area contributed by atoms with Crippen LogP contribution in [0.2, 0.25) is 0 Å². The number of amides is 2. The summed E-state index contributed by atoms with van der Waals surface area (Å²) in [7, 11) is 0. The molecule has 2 aromatic heterocycles. The molecule has 0 atom stereocenters. The second-order valence-electron chi connectivity index (χ2n) is 4.20. The van der Waals surface area contributed by atoms with Crippen molar-refractivity contribution in [2.24, 2.45) is 0 Å². The number of aromatic amines is 1. The number of thiazole rings is 1. The van der Waals surface area contributed by atoms with Gasteiger partial charge in [0.25, 0.3) is 0 Å². The number of hydrogen-bond donors (Lipinski definition) is 4. The molecule has 0 spiro atoms. The van der Waals surface area contributed by atoms with Crippen molar-refractivity contribution in [2.75, 3.05) is 5.32 Å². The lowest BCUT2D eigenvalue weighted by atomic mass is 10.3. The van der Waals surface area contributed by atoms with Gasteiger partial charge in [-0.25, -0.2) is 14.6 Å². The molecule has 106 valence electrons. The van der Waals surface area contributed by atoms with Crippen molar-refractivity contribution in [3.05, 3.63) is 33.5 Å². The Morgan fingerprint density at radius 3 is 2.80 bits per heavy atom. The zero-order valence-electron chi connectivity index (χ0n) is 11.0. The number of carbonyl (C=O) groups is 2. The minimum Gasteiger partial charge on any atom is -0.477 e. The maximum atomic E-state index is 11.7. The molecule has 0 fully saturated rings. The van der Waals surface area contributed by atoms with Crippen molar-refractivity contribution < 1.29 is 14.7 Å². The van der Waals surface area contributed by atoms with Gasteiger partial charge in [-0.1, -0.05) is 0 Å². The van der Waals surface area contributed by atoms with Crippen molar-refractivity contribution in [3.8, 4) is 0 Å². The average Bonchev–Trinajstić information content (AvgIpc) is 2.93. The number of aromatic nitrogens is 2. The number of H-pyrrole nitrogens is 1. The average molecular weight is 294 g/mol. The van der Waals surface area contributed by atoms with Gasteiger partial charge in [-0.15, -0.1) is 11.3 Å². The minimum absolute atomic E-state index is 0.0358. The number of aromatic carboxylic acids is 1. The number of aryl methyl sites for hydroxylation is 2. The van der Waals surface area contributed by atoms with Crippen LogP contribution in [0.3, 0.4) is 0 Å². The van der Waals surface area contributed by atoms with Gasteiger partial charge in [-0.2, -0.15) is 0 Å². The molecule has 4 N–H and O–H groups in total. The predicted molar refractivity (Wildman–Crippen MR) is 75.2 cm³/mol. The number of carboxylic acids is 1. The molecule has 0 aliphatic rings. The topological polar surface area (TPSA) is 107 Å². The number of carbonyl (C=O) groups excluding carboxylic acids is 1. The Balaban J connectivity index is 1.96. The molecule has 7 nitrogen and oxygen atoms in total. The van der Waals surface area contributed by atoms with E-state index in [1.165, 1.54) is 11.3 Å². The van der Waals surface area contributed by atoms with E-state index in [0.29, 0.717) is 12.2 Å². The summed E-state index contributed by atoms with van der Waals surface area (Å²) < 4.78 is 0. The van der Waals surface area contributed by atoms with E-state index in [2.05, 4.69) is 20.6 Å². The van der Waals surface area contributed by atoms with Crippen LogP contribution in [-0.4, -0.2) is 27.1 Å². The van der Waals surface area contributed by atoms with E-state index in [1.54, 1.807) is 19.2 Å². The Kier molecular flexibility index (Phi) is 4.04. The SMILES string of the molecule is Cc1cc(NC(=O)NCc2cnc(C)s2)c(C(=O)O)[nH]1. The molecule has 2 aromatic rings. The summed E-state index contributed by atoms with van der Waals surface area (Å²) in [6, 6.07) is 1.11. The second kappa shape index (κ2) is 5.74. The maximum Gasteiger partial charge on any atom is 0.354 e. The molecular formula is C12H14N4O3S. The van der Waals surface area contributed by atoms with Gasteiger partial charge < -0.3 is 20.7 Å². The third kappa shape index (κ3) is 3.35. The molecule has 0 bridgehead atoms. The fourth-order valence-electron chi connectivity index (χ4n) is 1.68. The normalized spacial score (nSPS) is 10.3. The number of anilines is 1. The van der Waals surface area contributed by atoms with Crippen LogP contribution in [0, 0.1) is 13.8 Å². The second-order valence-corrected chi connectivity index (χ2v) is 5.52. The van der Waals surface area contributed by atoms with Crippen LogP contribution in [0.15, 0.2) is 12.3 Å². The van der Waals surface area contributed by atoms with Crippen molar-refractivity contribution in [1.82, 2.24) is 15.3 Å². The Hall–Kier alpha value is -2.35. The Morgan fingerprint density at radius 2 is 2.20 bits per heavy atom. The van der Waals surface area contributed by atoms with Crippen molar-refractivity contribution >= 4 is 29.0 Å². The first-order valence-electron chi connectivity index (χ1n) is 5.85. The highest BCUT2D eigenvalue weighted by Crippen LogP contribution is 2.17. The van der Waals surface area contributed by atoms with Crippen molar-refractivity contribution in [1.29, 1.82) is 0 Å². The van der Waals surface area contributed by atoms with Crippen LogP contribution in [0.1, 0.15) is 26.1 Å². The predicted octanol–water partition coefficient (Wildman–Crippen LogP) is 2.11. The highest BCUT2D eigenvalue weighted by molar-refractivity contribution is 7.11. The molecular weight excluding hydrogens is 280 g/mol. The fourth-order valence-corrected chi connectivity index (χ4v) is 2.41. The first kappa shape index (κ1) is 14.1. The largest absolute Gasteiger partial charge is 0.477 e. The Bertz CT molecular complexity index is 647. The van der Waals surface area contributed by atoms with E-state index in [0.717, 1.165) is 9.88 Å². The number of rotatable bonds is 4. The number of carboxylic acid groups (broad SMARTS) is 1. The minimum atomic E-state index is -1.12. The number of nitrogens with zero attached hydrogens (tertiary/aromatic N) is 1. The molecule has 0 unspecified atom stereocenters. The van der Waals surface area contributed by atoms with Gasteiger partial charge in [0.05, 0.1) is 17.2 Å². The quantitative estimate of drug-likeness (QED) is 0.692. The van der Waals surface area contributed by atoms with Crippen molar-refractivity contribution in [2.45, 2.75) is 20.4 Å². The van der Waals surface area contributed by atoms with Crippen LogP contribution in [0.4, 0.5) is 10.5 Å². The first-order chi connectivity index (χ1) is 9.45. The molecule has 0 aromatic carbocycles. The van der Waals surface area contributed by atoms with Gasteiger partial charge >= 0.3 is 12.0 Å². The molecule has 0 saturated heterocycles. The maximum absolute atomic E-state index is 11.7. The summed E-state index contributed by atoms with van der Waals surface area (Å²) in [6.45, 7) is 3.95. The van der Waals surface area contributed by atoms with E-state index in [1.807, 2.05) is 6.92 Å². The number of hydrogen-bond acceptors (Lipinski definition) is 4. The Labute approximate surface area is 119 Å². The molecule has 0 aliphatic carbocycles. The monoisotopic (exact) mass is 294 g/mol. The van der Waals surface area contributed by atoms with E-state index in [-0.39, 0.29) is 11.4 Å². The lowest BCUT2D eigenvalue weighted by Gasteiger charge is -2.05. The van der Waals surface area contributed by atoms with Gasteiger partial charge in [0.1, 0.15) is 5.69 Å². The van der Waals surface area contributed by atoms with Crippen LogP contribution in [0.25, 0.3) is 0 Å². The summed E-state index contributed by atoms with van der Waals surface area (Å²) >= 11 is 1.49. The zero-order valence-corrected chi connectivity index (χ0v) is 11.8. The van der Waals surface area contributed by atoms with E-state index < -0.39 is 12.0 Å². The summed E-state index contributed by atoms with van der Waals surface area (Å²) in [6.07, 6.45) is 1.70. The summed E-state index contributed by atoms with van der Waals surface area (Å²) in [5.41, 5.74) is 0.870. The van der Waals surface area contributed by atoms with E-state index in [9.17, 15) is 9.59 Å². The highest BCUT2D eigenvalue weighted by Gasteiger charge is 2.15. The summed E-state index contributed by atoms with van der Waals surface area (Å²) in [5, 5.41) is 15.1. The molecule has 0 aliphatic heterocycles. The molecule has 2 amide bonds. The van der Waals surface area contributed by atoms with Crippen LogP contribution < -0.4 is 10.6 Å². The van der Waals surface area contributed by atoms with Gasteiger partial charge in [0, 0.05) is 16.8 Å². The molecule has 20 heavy (non-hydrogen) atoms. The fraction of sp³-hybridized carbons (Fsp3) is 0.250. The van der Waals surface area contributed by atoms with Gasteiger partial charge in [-0.05, 0) is 19.9 Å². The summed E-state index contributed by atoms with van der Waals surface area (Å²) in [4.78, 5) is 30.4. The van der Waals surface area contributed by atoms with Gasteiger partial charge in [0.2, 0.25) is 0 Å². The Morgan fingerprint density at radius 1 is 1.45 bits per heavy atom. The van der Waals surface area contributed by atoms with E-state index >= 15 is 0 Å². The number of urea groups is 1. The van der Waals surface area contributed by atoms with Crippen molar-refractivity contribution in [3.63, 3.8) is 0 Å². The van der Waals surface area contributed by atoms with Gasteiger partial charge in [0.15, 0.2) is 0 Å². The van der Waals surface area contributed by atoms with E-state index in [4.69, 9.17) is 5.11 Å². The molecule has 2 rings (SSSR count). The molecule has 2 heterocycles. The third-order valence-electron chi connectivity index (χ3n) is 2.51. The zero-order chi connectivity index (χ0) is 14.7. The lowest BCUT2D eigenvalue weighted by molar-refractivity contribution is 0.0692. The van der Waals surface area contributed by atoms with Gasteiger partial charge in [-0.3, -0.25) is 0 Å². The molecule has 0 radical (unpaired) electrons. The molecule has 8 heteroatoms. The first-order valence-corrected chi connectivity index (χ1v) is 6.66. The number of nitrogens with one attached hydrogen (secondary N) is 3. The van der Waals surface area contributed by atoms with Crippen LogP contribution >= 0.6 is 11.3 Å². The van der Waals surface area contributed by atoms with Crippen LogP contribution in [0.5, 0.6) is 0 Å². The lowest BCUT2D eigenvalue weighted by Crippen LogP contribution is -2.28. The van der Waals surface area contributed by atoms with Crippen LogP contribution in [-0.2, 0) is 6.54 Å². The summed E-state index contributed by atoms with van der Waals surface area (Å²) in [5.74, 6) is -1.12. The standard InChI is InChI=1S/C12H14N4O3S/c1-6-3-9(10(15-6)11(17)18)16-12(19)14-5-8-4-13-7(2)20-8/h3-4,15H,5H2,1-2H3,(H,17,18)(H2,14,16,19). The smallest absolute Gasteiger partial charge is 0.354 e. The molecule has 0 saturated carbocycles. The highest BCUT2D eigenvalue weighted by atomic mass is 32.1.